The lowest BCUT2D eigenvalue weighted by atomic mass is 10.2. The zero-order valence-electron chi connectivity index (χ0n) is 11.4. The van der Waals surface area contributed by atoms with Crippen LogP contribution in [0.4, 0.5) is 0 Å². The molecular formula is C13H19BrN2O3. The van der Waals surface area contributed by atoms with E-state index >= 15 is 0 Å². The van der Waals surface area contributed by atoms with E-state index in [0.717, 1.165) is 16.6 Å². The molecule has 0 aliphatic carbocycles. The second-order valence-corrected chi connectivity index (χ2v) is 4.77. The van der Waals surface area contributed by atoms with E-state index < -0.39 is 0 Å². The van der Waals surface area contributed by atoms with Gasteiger partial charge in [0.15, 0.2) is 11.5 Å². The Hall–Kier alpha value is -1.27. The molecule has 106 valence electrons. The number of hydrogen-bond acceptors (Lipinski definition) is 4. The number of carbonyl (C=O) groups excluding carboxylic acids is 1. The van der Waals surface area contributed by atoms with Crippen LogP contribution >= 0.6 is 15.9 Å². The van der Waals surface area contributed by atoms with Gasteiger partial charge in [0.25, 0.3) is 0 Å². The summed E-state index contributed by atoms with van der Waals surface area (Å²) in [5, 5.41) is 5.63. The molecule has 1 aromatic carbocycles. The lowest BCUT2D eigenvalue weighted by Gasteiger charge is -2.14. The smallest absolute Gasteiger partial charge is 0.223 e. The van der Waals surface area contributed by atoms with Gasteiger partial charge in [-0.15, -0.1) is 0 Å². The molecule has 0 bridgehead atoms. The summed E-state index contributed by atoms with van der Waals surface area (Å²) in [5.74, 6) is 1.21. The first-order valence-corrected chi connectivity index (χ1v) is 6.76. The van der Waals surface area contributed by atoms with Gasteiger partial charge >= 0.3 is 0 Å². The highest BCUT2D eigenvalue weighted by atomic mass is 79.9. The third kappa shape index (κ3) is 4.72. The molecule has 0 fully saturated rings. The van der Waals surface area contributed by atoms with Crippen molar-refractivity contribution < 1.29 is 14.3 Å². The Kier molecular flexibility index (Phi) is 6.66. The van der Waals surface area contributed by atoms with E-state index in [-0.39, 0.29) is 5.91 Å². The first-order chi connectivity index (χ1) is 9.12. The number of rotatable bonds is 7. The van der Waals surface area contributed by atoms with Crippen LogP contribution in [0.15, 0.2) is 16.6 Å². The molecule has 2 N–H and O–H groups in total. The summed E-state index contributed by atoms with van der Waals surface area (Å²) in [6, 6.07) is 3.88. The second kappa shape index (κ2) is 8.01. The predicted molar refractivity (Wildman–Crippen MR) is 77.6 cm³/mol. The number of nitrogens with one attached hydrogen (secondary N) is 2. The summed E-state index contributed by atoms with van der Waals surface area (Å²) in [7, 11) is 5.08. The van der Waals surface area contributed by atoms with Crippen LogP contribution in [0.25, 0.3) is 0 Å². The number of amides is 1. The Morgan fingerprint density at radius 3 is 2.68 bits per heavy atom. The van der Waals surface area contributed by atoms with Gasteiger partial charge < -0.3 is 20.1 Å². The van der Waals surface area contributed by atoms with Crippen molar-refractivity contribution in [2.24, 2.45) is 0 Å². The van der Waals surface area contributed by atoms with Crippen molar-refractivity contribution in [3.05, 3.63) is 22.2 Å². The summed E-state index contributed by atoms with van der Waals surface area (Å²) >= 11 is 3.46. The Labute approximate surface area is 121 Å². The van der Waals surface area contributed by atoms with Gasteiger partial charge in [-0.05, 0) is 40.7 Å². The van der Waals surface area contributed by atoms with Crippen LogP contribution in [0.5, 0.6) is 11.5 Å². The van der Waals surface area contributed by atoms with Crippen LogP contribution in [0.2, 0.25) is 0 Å². The molecule has 6 heteroatoms. The number of hydrogen-bond donors (Lipinski definition) is 2. The van der Waals surface area contributed by atoms with E-state index in [2.05, 4.69) is 26.6 Å². The minimum absolute atomic E-state index is 0.0538. The molecule has 0 aliphatic heterocycles. The zero-order chi connectivity index (χ0) is 14.3. The van der Waals surface area contributed by atoms with E-state index in [0.29, 0.717) is 24.5 Å². The fraction of sp³-hybridized carbons (Fsp3) is 0.462. The lowest BCUT2D eigenvalue weighted by molar-refractivity contribution is -0.121. The minimum Gasteiger partial charge on any atom is -0.493 e. The average Bonchev–Trinajstić information content (AvgIpc) is 2.40. The van der Waals surface area contributed by atoms with Gasteiger partial charge in [0.2, 0.25) is 5.91 Å². The molecule has 0 saturated carbocycles. The van der Waals surface area contributed by atoms with Crippen molar-refractivity contribution in [1.29, 1.82) is 0 Å². The Bertz CT molecular complexity index is 438. The first-order valence-electron chi connectivity index (χ1n) is 5.96. The van der Waals surface area contributed by atoms with Gasteiger partial charge in [-0.25, -0.2) is 0 Å². The van der Waals surface area contributed by atoms with E-state index in [1.165, 1.54) is 0 Å². The normalized spacial score (nSPS) is 10.1. The highest BCUT2D eigenvalue weighted by molar-refractivity contribution is 9.10. The maximum Gasteiger partial charge on any atom is 0.223 e. The van der Waals surface area contributed by atoms with E-state index in [4.69, 9.17) is 9.47 Å². The summed E-state index contributed by atoms with van der Waals surface area (Å²) in [4.78, 5) is 11.1. The van der Waals surface area contributed by atoms with E-state index in [9.17, 15) is 4.79 Å². The molecular weight excluding hydrogens is 312 g/mol. The number of ether oxygens (including phenoxy) is 2. The molecule has 0 saturated heterocycles. The molecule has 0 aliphatic rings. The minimum atomic E-state index is -0.0538. The number of methoxy groups -OCH3 is 1. The fourth-order valence-electron chi connectivity index (χ4n) is 1.59. The van der Waals surface area contributed by atoms with Gasteiger partial charge in [0, 0.05) is 13.6 Å². The molecule has 0 aromatic heterocycles. The third-order valence-corrected chi connectivity index (χ3v) is 3.11. The summed E-state index contributed by atoms with van der Waals surface area (Å²) in [6.45, 7) is 1.05. The second-order valence-electron chi connectivity index (χ2n) is 3.91. The lowest BCUT2D eigenvalue weighted by Crippen LogP contribution is -2.20. The largest absolute Gasteiger partial charge is 0.493 e. The van der Waals surface area contributed by atoms with E-state index in [1.807, 2.05) is 19.2 Å². The topological polar surface area (TPSA) is 59.6 Å². The molecule has 0 heterocycles. The maximum absolute atomic E-state index is 11.1. The maximum atomic E-state index is 11.1. The number of halogens is 1. The van der Waals surface area contributed by atoms with Gasteiger partial charge in [0.05, 0.1) is 24.6 Å². The fourth-order valence-corrected chi connectivity index (χ4v) is 2.19. The monoisotopic (exact) mass is 330 g/mol. The van der Waals surface area contributed by atoms with Crippen molar-refractivity contribution in [2.75, 3.05) is 27.8 Å². The van der Waals surface area contributed by atoms with Crippen LogP contribution in [-0.4, -0.2) is 33.7 Å². The van der Waals surface area contributed by atoms with Crippen molar-refractivity contribution in [2.45, 2.75) is 13.0 Å². The Balaban J connectivity index is 2.78. The number of benzene rings is 1. The summed E-state index contributed by atoms with van der Waals surface area (Å²) in [5.41, 5.74) is 1.09. The van der Waals surface area contributed by atoms with E-state index in [1.54, 1.807) is 14.2 Å². The first kappa shape index (κ1) is 15.8. The average molecular weight is 331 g/mol. The third-order valence-electron chi connectivity index (χ3n) is 2.52. The number of carbonyl (C=O) groups is 1. The Morgan fingerprint density at radius 2 is 2.11 bits per heavy atom. The molecule has 0 atom stereocenters. The molecule has 0 radical (unpaired) electrons. The van der Waals surface area contributed by atoms with Crippen LogP contribution in [-0.2, 0) is 11.3 Å². The van der Waals surface area contributed by atoms with Gasteiger partial charge in [-0.2, -0.15) is 0 Å². The highest BCUT2D eigenvalue weighted by Gasteiger charge is 2.12. The quantitative estimate of drug-likeness (QED) is 0.798. The molecule has 19 heavy (non-hydrogen) atoms. The van der Waals surface area contributed by atoms with Crippen LogP contribution in [0.1, 0.15) is 12.0 Å². The van der Waals surface area contributed by atoms with Crippen molar-refractivity contribution in [3.63, 3.8) is 0 Å². The summed E-state index contributed by atoms with van der Waals surface area (Å²) < 4.78 is 11.7. The summed E-state index contributed by atoms with van der Waals surface area (Å²) in [6.07, 6.45) is 0.310. The predicted octanol–water partition coefficient (Wildman–Crippen LogP) is 1.69. The van der Waals surface area contributed by atoms with Gasteiger partial charge in [-0.3, -0.25) is 4.79 Å². The van der Waals surface area contributed by atoms with Crippen LogP contribution in [0.3, 0.4) is 0 Å². The molecule has 0 spiro atoms. The molecule has 1 aromatic rings. The highest BCUT2D eigenvalue weighted by Crippen LogP contribution is 2.36. The van der Waals surface area contributed by atoms with Crippen molar-refractivity contribution >= 4 is 21.8 Å². The van der Waals surface area contributed by atoms with Crippen LogP contribution < -0.4 is 20.1 Å². The van der Waals surface area contributed by atoms with Crippen molar-refractivity contribution in [3.8, 4) is 11.5 Å². The molecule has 1 rings (SSSR count). The zero-order valence-corrected chi connectivity index (χ0v) is 13.0. The standard InChI is InChI=1S/C13H19BrN2O3/c1-15-8-9-6-10(14)13(11(7-9)18-3)19-5-4-12(17)16-2/h6-7,15H,4-5,8H2,1-3H3,(H,16,17). The van der Waals surface area contributed by atoms with Crippen LogP contribution in [0, 0.1) is 0 Å². The molecule has 0 unspecified atom stereocenters. The molecule has 1 amide bonds. The van der Waals surface area contributed by atoms with Gasteiger partial charge in [0.1, 0.15) is 0 Å². The Morgan fingerprint density at radius 1 is 1.37 bits per heavy atom. The van der Waals surface area contributed by atoms with Gasteiger partial charge in [-0.1, -0.05) is 0 Å². The van der Waals surface area contributed by atoms with Crippen molar-refractivity contribution in [1.82, 2.24) is 10.6 Å². The molecule has 5 nitrogen and oxygen atoms in total. The SMILES string of the molecule is CNCc1cc(Br)c(OCCC(=O)NC)c(OC)c1.